The fraction of sp³-hybridized carbons (Fsp3) is 0.333. The fourth-order valence-electron chi connectivity index (χ4n) is 4.23. The molecule has 1 N–H and O–H groups in total. The van der Waals surface area contributed by atoms with Crippen molar-refractivity contribution in [3.63, 3.8) is 0 Å². The van der Waals surface area contributed by atoms with Crippen molar-refractivity contribution in [2.45, 2.75) is 57.6 Å². The molecule has 0 aliphatic rings. The van der Waals surface area contributed by atoms with Crippen molar-refractivity contribution in [3.05, 3.63) is 88.4 Å². The number of rotatable bonds is 12. The number of hydrogen-bond donors (Lipinski definition) is 1. The molecule has 0 aliphatic heterocycles. The van der Waals surface area contributed by atoms with Gasteiger partial charge >= 0.3 is 0 Å². The van der Waals surface area contributed by atoms with Gasteiger partial charge in [0.1, 0.15) is 18.3 Å². The smallest absolute Gasteiger partial charge is 0.264 e. The minimum absolute atomic E-state index is 0.0668. The average Bonchev–Trinajstić information content (AvgIpc) is 2.91. The second kappa shape index (κ2) is 13.8. The van der Waals surface area contributed by atoms with Gasteiger partial charge in [0.15, 0.2) is 0 Å². The molecule has 3 rings (SSSR count). The highest BCUT2D eigenvalue weighted by Gasteiger charge is 2.34. The number of benzene rings is 3. The van der Waals surface area contributed by atoms with Crippen molar-refractivity contribution in [1.82, 2.24) is 10.2 Å². The first-order chi connectivity index (χ1) is 19.0. The number of aryl methyl sites for hydroxylation is 1. The highest BCUT2D eigenvalue weighted by atomic mass is 79.9. The lowest BCUT2D eigenvalue weighted by molar-refractivity contribution is -0.140. The Morgan fingerprint density at radius 1 is 1.00 bits per heavy atom. The van der Waals surface area contributed by atoms with Crippen LogP contribution in [0.5, 0.6) is 5.75 Å². The number of nitrogens with one attached hydrogen (secondary N) is 1. The van der Waals surface area contributed by atoms with Crippen molar-refractivity contribution >= 4 is 43.5 Å². The third kappa shape index (κ3) is 7.85. The quantitative estimate of drug-likeness (QED) is 0.294. The number of amides is 2. The molecule has 10 heteroatoms. The molecule has 0 saturated heterocycles. The number of carbonyl (C=O) groups is 2. The fourth-order valence-corrected chi connectivity index (χ4v) is 6.02. The van der Waals surface area contributed by atoms with Crippen LogP contribution in [0, 0.1) is 6.92 Å². The summed E-state index contributed by atoms with van der Waals surface area (Å²) in [5.41, 5.74) is 2.02. The second-order valence-corrected chi connectivity index (χ2v) is 12.5. The minimum Gasteiger partial charge on any atom is -0.497 e. The van der Waals surface area contributed by atoms with Crippen LogP contribution in [-0.2, 0) is 26.2 Å². The maximum Gasteiger partial charge on any atom is 0.264 e. The number of sulfonamides is 1. The Kier molecular flexibility index (Phi) is 10.8. The number of methoxy groups -OCH3 is 1. The topological polar surface area (TPSA) is 96.0 Å². The molecule has 214 valence electrons. The van der Waals surface area contributed by atoms with E-state index in [1.54, 1.807) is 55.6 Å². The SMILES string of the molecule is CC[C@@H](C(=O)NC(C)C)N(Cc1ccc(OC)cc1)C(=O)CN(c1cccc(Br)c1)S(=O)(=O)c1ccc(C)cc1. The molecular formula is C30H36BrN3O5S. The van der Waals surface area contributed by atoms with E-state index in [0.29, 0.717) is 22.3 Å². The predicted octanol–water partition coefficient (Wildman–Crippen LogP) is 5.29. The van der Waals surface area contributed by atoms with Gasteiger partial charge in [-0.3, -0.25) is 13.9 Å². The lowest BCUT2D eigenvalue weighted by atomic mass is 10.1. The molecule has 1 atom stereocenters. The maximum atomic E-state index is 14.1. The average molecular weight is 631 g/mol. The van der Waals surface area contributed by atoms with Gasteiger partial charge in [0.2, 0.25) is 11.8 Å². The Bertz CT molecular complexity index is 1410. The van der Waals surface area contributed by atoms with Gasteiger partial charge in [-0.1, -0.05) is 58.7 Å². The molecule has 0 heterocycles. The van der Waals surface area contributed by atoms with E-state index in [4.69, 9.17) is 4.74 Å². The summed E-state index contributed by atoms with van der Waals surface area (Å²) < 4.78 is 34.8. The summed E-state index contributed by atoms with van der Waals surface area (Å²) in [4.78, 5) is 28.8. The lowest BCUT2D eigenvalue weighted by Crippen LogP contribution is -2.53. The maximum absolute atomic E-state index is 14.1. The van der Waals surface area contributed by atoms with Gasteiger partial charge in [-0.15, -0.1) is 0 Å². The van der Waals surface area contributed by atoms with Crippen LogP contribution in [0.3, 0.4) is 0 Å². The van der Waals surface area contributed by atoms with Gasteiger partial charge in [-0.05, 0) is 75.2 Å². The summed E-state index contributed by atoms with van der Waals surface area (Å²) in [6.45, 7) is 7.02. The molecule has 0 aliphatic carbocycles. The monoisotopic (exact) mass is 629 g/mol. The van der Waals surface area contributed by atoms with E-state index < -0.39 is 28.5 Å². The Morgan fingerprint density at radius 3 is 2.20 bits per heavy atom. The van der Waals surface area contributed by atoms with Crippen LogP contribution in [0.25, 0.3) is 0 Å². The zero-order chi connectivity index (χ0) is 29.4. The molecule has 3 aromatic rings. The minimum atomic E-state index is -4.12. The van der Waals surface area contributed by atoms with E-state index >= 15 is 0 Å². The lowest BCUT2D eigenvalue weighted by Gasteiger charge is -2.33. The summed E-state index contributed by atoms with van der Waals surface area (Å²) >= 11 is 3.41. The van der Waals surface area contributed by atoms with Crippen molar-refractivity contribution in [1.29, 1.82) is 0 Å². The molecule has 0 saturated carbocycles. The second-order valence-electron chi connectivity index (χ2n) is 9.76. The van der Waals surface area contributed by atoms with Crippen LogP contribution in [0.4, 0.5) is 5.69 Å². The van der Waals surface area contributed by atoms with Gasteiger partial charge in [0, 0.05) is 17.1 Å². The molecule has 0 spiro atoms. The standard InChI is InChI=1S/C30H36BrN3O5S/c1-6-28(30(36)32-21(2)3)33(19-23-12-14-26(39-5)15-13-23)29(35)20-34(25-9-7-8-24(31)18-25)40(37,38)27-16-10-22(4)11-17-27/h7-18,21,28H,6,19-20H2,1-5H3,(H,32,36)/t28-/m0/s1. The highest BCUT2D eigenvalue weighted by Crippen LogP contribution is 2.27. The number of ether oxygens (including phenoxy) is 1. The van der Waals surface area contributed by atoms with Gasteiger partial charge < -0.3 is 15.0 Å². The summed E-state index contributed by atoms with van der Waals surface area (Å²) in [6.07, 6.45) is 0.349. The predicted molar refractivity (Wildman–Crippen MR) is 161 cm³/mol. The summed E-state index contributed by atoms with van der Waals surface area (Å²) in [5, 5.41) is 2.90. The van der Waals surface area contributed by atoms with Crippen LogP contribution < -0.4 is 14.4 Å². The summed E-state index contributed by atoms with van der Waals surface area (Å²) in [5.74, 6) is -0.136. The summed E-state index contributed by atoms with van der Waals surface area (Å²) in [6, 6.07) is 19.5. The van der Waals surface area contributed by atoms with Crippen molar-refractivity contribution in [3.8, 4) is 5.75 Å². The van der Waals surface area contributed by atoms with Crippen LogP contribution in [0.1, 0.15) is 38.3 Å². The molecule has 0 bridgehead atoms. The van der Waals surface area contributed by atoms with E-state index in [0.717, 1.165) is 15.4 Å². The number of hydrogen-bond acceptors (Lipinski definition) is 5. The van der Waals surface area contributed by atoms with Gasteiger partial charge in [0.05, 0.1) is 17.7 Å². The normalized spacial score (nSPS) is 12.1. The van der Waals surface area contributed by atoms with E-state index in [-0.39, 0.29) is 23.4 Å². The van der Waals surface area contributed by atoms with Crippen molar-refractivity contribution in [2.24, 2.45) is 0 Å². The van der Waals surface area contributed by atoms with Crippen LogP contribution in [0.15, 0.2) is 82.2 Å². The molecule has 0 fully saturated rings. The molecule has 8 nitrogen and oxygen atoms in total. The van der Waals surface area contributed by atoms with E-state index in [1.807, 2.05) is 39.8 Å². The van der Waals surface area contributed by atoms with E-state index in [9.17, 15) is 18.0 Å². The van der Waals surface area contributed by atoms with Crippen molar-refractivity contribution < 1.29 is 22.7 Å². The number of carbonyl (C=O) groups excluding carboxylic acids is 2. The molecule has 40 heavy (non-hydrogen) atoms. The third-order valence-corrected chi connectivity index (χ3v) is 8.59. The first-order valence-corrected chi connectivity index (χ1v) is 15.3. The Morgan fingerprint density at radius 2 is 1.65 bits per heavy atom. The van der Waals surface area contributed by atoms with E-state index in [1.165, 1.54) is 17.0 Å². The molecule has 0 unspecified atom stereocenters. The molecular weight excluding hydrogens is 594 g/mol. The van der Waals surface area contributed by atoms with Gasteiger partial charge in [0.25, 0.3) is 10.0 Å². The van der Waals surface area contributed by atoms with Crippen LogP contribution in [-0.4, -0.2) is 50.9 Å². The zero-order valence-electron chi connectivity index (χ0n) is 23.4. The van der Waals surface area contributed by atoms with Crippen LogP contribution in [0.2, 0.25) is 0 Å². The first-order valence-electron chi connectivity index (χ1n) is 13.0. The molecule has 0 aromatic heterocycles. The number of anilines is 1. The van der Waals surface area contributed by atoms with Gasteiger partial charge in [-0.25, -0.2) is 8.42 Å². The van der Waals surface area contributed by atoms with Crippen molar-refractivity contribution in [2.75, 3.05) is 18.0 Å². The molecule has 0 radical (unpaired) electrons. The summed E-state index contributed by atoms with van der Waals surface area (Å²) in [7, 11) is -2.55. The van der Waals surface area contributed by atoms with Gasteiger partial charge in [-0.2, -0.15) is 0 Å². The Hall–Kier alpha value is -3.37. The highest BCUT2D eigenvalue weighted by molar-refractivity contribution is 9.10. The molecule has 3 aromatic carbocycles. The van der Waals surface area contributed by atoms with E-state index in [2.05, 4.69) is 21.2 Å². The molecule has 2 amide bonds. The first kappa shape index (κ1) is 31.2. The Balaban J connectivity index is 2.06. The number of halogens is 1. The number of nitrogens with zero attached hydrogens (tertiary/aromatic N) is 2. The zero-order valence-corrected chi connectivity index (χ0v) is 25.8. The third-order valence-electron chi connectivity index (χ3n) is 6.31. The largest absolute Gasteiger partial charge is 0.497 e. The Labute approximate surface area is 245 Å². The van der Waals surface area contributed by atoms with Crippen LogP contribution >= 0.6 is 15.9 Å².